The molecule has 1 aromatic carbocycles. The normalized spacial score (nSPS) is 10.2. The van der Waals surface area contributed by atoms with E-state index in [1.165, 1.54) is 0 Å². The Bertz CT molecular complexity index is 442. The van der Waals surface area contributed by atoms with Gasteiger partial charge in [0.05, 0.1) is 23.8 Å². The number of hydrogen-bond donors (Lipinski definition) is 3. The maximum Gasteiger partial charge on any atom is 0.315 e. The highest BCUT2D eigenvalue weighted by atomic mass is 16.7. The van der Waals surface area contributed by atoms with Crippen molar-refractivity contribution in [1.29, 1.82) is 0 Å². The molecular formula is C12H20N4O4. The van der Waals surface area contributed by atoms with E-state index in [1.54, 1.807) is 31.3 Å². The van der Waals surface area contributed by atoms with Crippen LogP contribution in [-0.2, 0) is 4.84 Å². The number of nitrogens with zero attached hydrogens (tertiary/aromatic N) is 2. The summed E-state index contributed by atoms with van der Waals surface area (Å²) in [4.78, 5) is 16.1. The lowest BCUT2D eigenvalue weighted by atomic mass is 10.2. The van der Waals surface area contributed by atoms with E-state index in [9.17, 15) is 10.1 Å². The number of hydroxylamine groups is 1. The summed E-state index contributed by atoms with van der Waals surface area (Å²) in [5.41, 5.74) is 1.43. The van der Waals surface area contributed by atoms with Crippen molar-refractivity contribution < 1.29 is 14.9 Å². The van der Waals surface area contributed by atoms with Crippen LogP contribution in [0.5, 0.6) is 0 Å². The summed E-state index contributed by atoms with van der Waals surface area (Å²) in [7, 11) is 3.24. The van der Waals surface area contributed by atoms with Crippen LogP contribution in [-0.4, -0.2) is 43.9 Å². The first-order valence-electron chi connectivity index (χ1n) is 6.28. The van der Waals surface area contributed by atoms with Crippen molar-refractivity contribution in [3.05, 3.63) is 22.2 Å². The van der Waals surface area contributed by atoms with Gasteiger partial charge in [-0.2, -0.15) is 0 Å². The molecule has 0 bridgehead atoms. The highest BCUT2D eigenvalue weighted by Crippen LogP contribution is 2.37. The van der Waals surface area contributed by atoms with Crippen molar-refractivity contribution in [2.45, 2.75) is 6.92 Å². The molecule has 112 valence electrons. The SMILES string of the molecule is CCN(OCCO)c1cc(NC)c([N+](=O)[O-])c(NC)c1. The summed E-state index contributed by atoms with van der Waals surface area (Å²) in [5, 5.41) is 27.1. The predicted molar refractivity (Wildman–Crippen MR) is 78.2 cm³/mol. The van der Waals surface area contributed by atoms with E-state index in [2.05, 4.69) is 10.6 Å². The van der Waals surface area contributed by atoms with Crippen LogP contribution in [0.15, 0.2) is 12.1 Å². The van der Waals surface area contributed by atoms with Gasteiger partial charge in [0.1, 0.15) is 11.4 Å². The zero-order valence-corrected chi connectivity index (χ0v) is 11.8. The van der Waals surface area contributed by atoms with Crippen LogP contribution in [0, 0.1) is 10.1 Å². The Morgan fingerprint density at radius 3 is 2.25 bits per heavy atom. The third-order valence-corrected chi connectivity index (χ3v) is 2.73. The van der Waals surface area contributed by atoms with Crippen LogP contribution in [0.4, 0.5) is 22.7 Å². The zero-order chi connectivity index (χ0) is 15.1. The minimum atomic E-state index is -0.438. The van der Waals surface area contributed by atoms with Crippen molar-refractivity contribution >= 4 is 22.7 Å². The standard InChI is InChI=1S/C12H20N4O4/c1-4-15(20-6-5-17)9-7-10(13-2)12(16(18)19)11(8-9)14-3/h7-8,13-14,17H,4-6H2,1-3H3. The van der Waals surface area contributed by atoms with Crippen LogP contribution in [0.3, 0.4) is 0 Å². The third-order valence-electron chi connectivity index (χ3n) is 2.73. The molecule has 3 N–H and O–H groups in total. The molecule has 8 heteroatoms. The molecule has 0 aromatic heterocycles. The first kappa shape index (κ1) is 16.0. The zero-order valence-electron chi connectivity index (χ0n) is 11.8. The number of nitro benzene ring substituents is 1. The van der Waals surface area contributed by atoms with Gasteiger partial charge in [-0.05, 0) is 19.1 Å². The van der Waals surface area contributed by atoms with E-state index in [0.717, 1.165) is 0 Å². The van der Waals surface area contributed by atoms with Gasteiger partial charge in [0.15, 0.2) is 0 Å². The Hall–Kier alpha value is -2.06. The first-order valence-corrected chi connectivity index (χ1v) is 6.28. The van der Waals surface area contributed by atoms with E-state index in [0.29, 0.717) is 23.6 Å². The number of rotatable bonds is 8. The Morgan fingerprint density at radius 1 is 1.35 bits per heavy atom. The van der Waals surface area contributed by atoms with Crippen LogP contribution in [0.25, 0.3) is 0 Å². The lowest BCUT2D eigenvalue weighted by Gasteiger charge is -2.23. The summed E-state index contributed by atoms with van der Waals surface area (Å²) in [6, 6.07) is 3.28. The molecule has 0 saturated heterocycles. The summed E-state index contributed by atoms with van der Waals surface area (Å²) in [6.07, 6.45) is 0. The van der Waals surface area contributed by atoms with Crippen LogP contribution in [0.1, 0.15) is 6.92 Å². The second kappa shape index (κ2) is 7.51. The van der Waals surface area contributed by atoms with E-state index in [-0.39, 0.29) is 18.9 Å². The van der Waals surface area contributed by atoms with Gasteiger partial charge in [-0.3, -0.25) is 20.0 Å². The lowest BCUT2D eigenvalue weighted by molar-refractivity contribution is -0.383. The van der Waals surface area contributed by atoms with Gasteiger partial charge in [0.25, 0.3) is 0 Å². The molecular weight excluding hydrogens is 264 g/mol. The number of hydrogen-bond acceptors (Lipinski definition) is 7. The molecule has 0 spiro atoms. The predicted octanol–water partition coefficient (Wildman–Crippen LogP) is 1.43. The van der Waals surface area contributed by atoms with E-state index in [4.69, 9.17) is 9.94 Å². The quantitative estimate of drug-likeness (QED) is 0.490. The lowest BCUT2D eigenvalue weighted by Crippen LogP contribution is -2.25. The van der Waals surface area contributed by atoms with E-state index in [1.807, 2.05) is 6.92 Å². The highest BCUT2D eigenvalue weighted by Gasteiger charge is 2.21. The molecule has 0 radical (unpaired) electrons. The highest BCUT2D eigenvalue weighted by molar-refractivity contribution is 5.81. The van der Waals surface area contributed by atoms with E-state index < -0.39 is 4.92 Å². The number of aliphatic hydroxyl groups is 1. The average Bonchev–Trinajstić information content (AvgIpc) is 2.46. The third kappa shape index (κ3) is 3.49. The van der Waals surface area contributed by atoms with Crippen molar-refractivity contribution in [2.24, 2.45) is 0 Å². The Balaban J connectivity index is 3.24. The minimum absolute atomic E-state index is 0.0167. The minimum Gasteiger partial charge on any atom is -0.394 e. The average molecular weight is 284 g/mol. The molecule has 0 atom stereocenters. The summed E-state index contributed by atoms with van der Waals surface area (Å²) < 4.78 is 0. The monoisotopic (exact) mass is 284 g/mol. The molecule has 20 heavy (non-hydrogen) atoms. The smallest absolute Gasteiger partial charge is 0.315 e. The van der Waals surface area contributed by atoms with E-state index >= 15 is 0 Å². The number of nitrogens with one attached hydrogen (secondary N) is 2. The maximum atomic E-state index is 11.1. The molecule has 0 saturated carbocycles. The number of anilines is 3. The van der Waals surface area contributed by atoms with Crippen LogP contribution < -0.4 is 15.7 Å². The molecule has 0 aliphatic rings. The van der Waals surface area contributed by atoms with Gasteiger partial charge >= 0.3 is 5.69 Å². The number of aliphatic hydroxyl groups excluding tert-OH is 1. The molecule has 8 nitrogen and oxygen atoms in total. The van der Waals surface area contributed by atoms with Crippen molar-refractivity contribution in [3.8, 4) is 0 Å². The fourth-order valence-corrected chi connectivity index (χ4v) is 1.84. The fourth-order valence-electron chi connectivity index (χ4n) is 1.84. The maximum absolute atomic E-state index is 11.1. The van der Waals surface area contributed by atoms with Crippen molar-refractivity contribution in [1.82, 2.24) is 0 Å². The summed E-state index contributed by atoms with van der Waals surface area (Å²) >= 11 is 0. The topological polar surface area (TPSA) is 99.9 Å². The molecule has 0 aliphatic heterocycles. The van der Waals surface area contributed by atoms with Crippen molar-refractivity contribution in [3.63, 3.8) is 0 Å². The molecule has 0 aliphatic carbocycles. The van der Waals surface area contributed by atoms with Gasteiger partial charge in [-0.25, -0.2) is 0 Å². The molecule has 0 unspecified atom stereocenters. The molecule has 1 rings (SSSR count). The molecule has 0 heterocycles. The van der Waals surface area contributed by atoms with Gasteiger partial charge in [0.2, 0.25) is 0 Å². The molecule has 0 fully saturated rings. The Morgan fingerprint density at radius 2 is 1.90 bits per heavy atom. The Kier molecular flexibility index (Phi) is 6.01. The van der Waals surface area contributed by atoms with Gasteiger partial charge in [0, 0.05) is 20.6 Å². The van der Waals surface area contributed by atoms with Crippen molar-refractivity contribution in [2.75, 3.05) is 49.6 Å². The van der Waals surface area contributed by atoms with Crippen LogP contribution >= 0.6 is 0 Å². The second-order valence-electron chi connectivity index (χ2n) is 3.90. The fraction of sp³-hybridized carbons (Fsp3) is 0.500. The largest absolute Gasteiger partial charge is 0.394 e. The van der Waals surface area contributed by atoms with Gasteiger partial charge < -0.3 is 15.7 Å². The second-order valence-corrected chi connectivity index (χ2v) is 3.90. The van der Waals surface area contributed by atoms with Crippen LogP contribution in [0.2, 0.25) is 0 Å². The molecule has 0 amide bonds. The van der Waals surface area contributed by atoms with Gasteiger partial charge in [-0.15, -0.1) is 0 Å². The number of nitro groups is 1. The Labute approximate surface area is 117 Å². The summed E-state index contributed by atoms with van der Waals surface area (Å²) in [5.74, 6) is 0. The van der Waals surface area contributed by atoms with Gasteiger partial charge in [-0.1, -0.05) is 0 Å². The first-order chi connectivity index (χ1) is 9.58. The number of benzene rings is 1. The summed E-state index contributed by atoms with van der Waals surface area (Å²) in [6.45, 7) is 2.50. The molecule has 1 aromatic rings.